The summed E-state index contributed by atoms with van der Waals surface area (Å²) in [6.07, 6.45) is 7.99. The molecule has 0 unspecified atom stereocenters. The first-order valence-corrected chi connectivity index (χ1v) is 11.3. The van der Waals surface area contributed by atoms with Crippen molar-refractivity contribution in [2.24, 2.45) is 0 Å². The van der Waals surface area contributed by atoms with Crippen molar-refractivity contribution < 1.29 is 17.6 Å². The van der Waals surface area contributed by atoms with Gasteiger partial charge >= 0.3 is 0 Å². The molecule has 1 amide bonds. The molecule has 1 fully saturated rings. The van der Waals surface area contributed by atoms with Crippen molar-refractivity contribution in [2.75, 3.05) is 39.3 Å². The van der Waals surface area contributed by atoms with Crippen LogP contribution in [0.15, 0.2) is 40.8 Å². The minimum atomic E-state index is -3.62. The van der Waals surface area contributed by atoms with Gasteiger partial charge in [0, 0.05) is 32.7 Å². The molecule has 3 rings (SSSR count). The number of benzene rings is 1. The predicted octanol–water partition coefficient (Wildman–Crippen LogP) is 2.14. The van der Waals surface area contributed by atoms with Crippen molar-refractivity contribution >= 4 is 15.9 Å². The molecule has 0 saturated carbocycles. The van der Waals surface area contributed by atoms with E-state index in [0.717, 1.165) is 31.4 Å². The highest BCUT2D eigenvalue weighted by Gasteiger charge is 2.29. The standard InChI is InChI=1S/C20H28FN3O3S/c21-18-6-8-19(9-7-18)28(26,27)24-14-12-23(13-15-24)16-20(25)22-11-10-17-4-2-1-3-5-17/h4,6-9H,1-3,5,10-16H2,(H,22,25). The van der Waals surface area contributed by atoms with Crippen molar-refractivity contribution in [2.45, 2.75) is 37.0 Å². The summed E-state index contributed by atoms with van der Waals surface area (Å²) in [6, 6.07) is 4.87. The Balaban J connectivity index is 1.41. The summed E-state index contributed by atoms with van der Waals surface area (Å²) in [7, 11) is -3.62. The molecule has 1 saturated heterocycles. The highest BCUT2D eigenvalue weighted by Crippen LogP contribution is 2.20. The van der Waals surface area contributed by atoms with Crippen LogP contribution < -0.4 is 5.32 Å². The van der Waals surface area contributed by atoms with Gasteiger partial charge in [-0.05, 0) is 56.4 Å². The highest BCUT2D eigenvalue weighted by atomic mass is 32.2. The SMILES string of the molecule is O=C(CN1CCN(S(=O)(=O)c2ccc(F)cc2)CC1)NCCC1=CCCCC1. The Morgan fingerprint density at radius 2 is 1.79 bits per heavy atom. The van der Waals surface area contributed by atoms with E-state index in [1.54, 1.807) is 0 Å². The summed E-state index contributed by atoms with van der Waals surface area (Å²) < 4.78 is 39.7. The van der Waals surface area contributed by atoms with Crippen LogP contribution in [0.3, 0.4) is 0 Å². The fourth-order valence-electron chi connectivity index (χ4n) is 3.64. The molecule has 0 radical (unpaired) electrons. The van der Waals surface area contributed by atoms with Gasteiger partial charge in [0.25, 0.3) is 0 Å². The minimum Gasteiger partial charge on any atom is -0.355 e. The number of piperazine rings is 1. The normalized spacial score (nSPS) is 19.2. The van der Waals surface area contributed by atoms with Gasteiger partial charge in [0.05, 0.1) is 11.4 Å². The molecule has 1 aromatic carbocycles. The maximum Gasteiger partial charge on any atom is 0.243 e. The van der Waals surface area contributed by atoms with Gasteiger partial charge in [-0.25, -0.2) is 12.8 Å². The monoisotopic (exact) mass is 409 g/mol. The fourth-order valence-corrected chi connectivity index (χ4v) is 5.06. The molecule has 2 aliphatic rings. The van der Waals surface area contributed by atoms with E-state index in [1.807, 2.05) is 4.90 Å². The number of amides is 1. The lowest BCUT2D eigenvalue weighted by Crippen LogP contribution is -2.51. The largest absolute Gasteiger partial charge is 0.355 e. The maximum absolute atomic E-state index is 13.0. The summed E-state index contributed by atoms with van der Waals surface area (Å²) in [5, 5.41) is 2.96. The number of allylic oxidation sites excluding steroid dienone is 1. The molecule has 1 aliphatic heterocycles. The fraction of sp³-hybridized carbons (Fsp3) is 0.550. The van der Waals surface area contributed by atoms with Gasteiger partial charge in [0.1, 0.15) is 5.82 Å². The number of carbonyl (C=O) groups excluding carboxylic acids is 1. The third-order valence-corrected chi connectivity index (χ3v) is 7.22. The molecular weight excluding hydrogens is 381 g/mol. The Kier molecular flexibility index (Phi) is 7.20. The number of carbonyl (C=O) groups is 1. The van der Waals surface area contributed by atoms with E-state index in [9.17, 15) is 17.6 Å². The van der Waals surface area contributed by atoms with Crippen molar-refractivity contribution in [3.63, 3.8) is 0 Å². The maximum atomic E-state index is 13.0. The van der Waals surface area contributed by atoms with Crippen molar-refractivity contribution in [3.8, 4) is 0 Å². The molecule has 6 nitrogen and oxygen atoms in total. The van der Waals surface area contributed by atoms with Gasteiger partial charge in [-0.1, -0.05) is 11.6 Å². The average molecular weight is 410 g/mol. The van der Waals surface area contributed by atoms with E-state index in [2.05, 4.69) is 11.4 Å². The molecule has 0 spiro atoms. The number of rotatable bonds is 7. The molecule has 154 valence electrons. The van der Waals surface area contributed by atoms with Crippen LogP contribution in [-0.4, -0.2) is 62.8 Å². The molecule has 0 atom stereocenters. The second kappa shape index (κ2) is 9.62. The molecular formula is C20H28FN3O3S. The van der Waals surface area contributed by atoms with Crippen LogP contribution in [0.25, 0.3) is 0 Å². The van der Waals surface area contributed by atoms with Crippen LogP contribution in [0.5, 0.6) is 0 Å². The summed E-state index contributed by atoms with van der Waals surface area (Å²) in [4.78, 5) is 14.2. The van der Waals surface area contributed by atoms with Crippen LogP contribution >= 0.6 is 0 Å². The first kappa shape index (κ1) is 21.0. The summed E-state index contributed by atoms with van der Waals surface area (Å²) in [6.45, 7) is 2.57. The first-order valence-electron chi connectivity index (χ1n) is 9.88. The molecule has 0 aromatic heterocycles. The Morgan fingerprint density at radius 3 is 2.43 bits per heavy atom. The van der Waals surface area contributed by atoms with Crippen LogP contribution in [0, 0.1) is 5.82 Å². The summed E-state index contributed by atoms with van der Waals surface area (Å²) >= 11 is 0. The predicted molar refractivity (Wildman–Crippen MR) is 106 cm³/mol. The van der Waals surface area contributed by atoms with Gasteiger partial charge in [-0.15, -0.1) is 0 Å². The number of halogens is 1. The smallest absolute Gasteiger partial charge is 0.243 e. The van der Waals surface area contributed by atoms with E-state index in [4.69, 9.17) is 0 Å². The van der Waals surface area contributed by atoms with Crippen molar-refractivity contribution in [1.29, 1.82) is 0 Å². The number of sulfonamides is 1. The molecule has 28 heavy (non-hydrogen) atoms. The summed E-state index contributed by atoms with van der Waals surface area (Å²) in [5.74, 6) is -0.485. The van der Waals surface area contributed by atoms with Gasteiger partial charge < -0.3 is 5.32 Å². The molecule has 8 heteroatoms. The van der Waals surface area contributed by atoms with E-state index in [1.165, 1.54) is 34.9 Å². The Bertz CT molecular complexity index is 800. The lowest BCUT2D eigenvalue weighted by molar-refractivity contribution is -0.122. The minimum absolute atomic E-state index is 0.0220. The second-order valence-electron chi connectivity index (χ2n) is 7.34. The van der Waals surface area contributed by atoms with E-state index in [0.29, 0.717) is 32.7 Å². The number of nitrogens with zero attached hydrogens (tertiary/aromatic N) is 2. The highest BCUT2D eigenvalue weighted by molar-refractivity contribution is 7.89. The van der Waals surface area contributed by atoms with Crippen molar-refractivity contribution in [3.05, 3.63) is 41.7 Å². The Hall–Kier alpha value is -1.77. The molecule has 1 aromatic rings. The number of hydrogen-bond donors (Lipinski definition) is 1. The molecule has 1 N–H and O–H groups in total. The van der Waals surface area contributed by atoms with Crippen LogP contribution in [0.2, 0.25) is 0 Å². The van der Waals surface area contributed by atoms with E-state index < -0.39 is 15.8 Å². The van der Waals surface area contributed by atoms with Crippen LogP contribution in [-0.2, 0) is 14.8 Å². The van der Waals surface area contributed by atoms with Gasteiger partial charge in [0.2, 0.25) is 15.9 Å². The zero-order valence-electron chi connectivity index (χ0n) is 16.1. The Labute approximate surface area is 166 Å². The second-order valence-corrected chi connectivity index (χ2v) is 9.28. The van der Waals surface area contributed by atoms with Crippen molar-refractivity contribution in [1.82, 2.24) is 14.5 Å². The number of hydrogen-bond acceptors (Lipinski definition) is 4. The lowest BCUT2D eigenvalue weighted by Gasteiger charge is -2.33. The zero-order chi connectivity index (χ0) is 20.0. The first-order chi connectivity index (χ1) is 13.4. The lowest BCUT2D eigenvalue weighted by atomic mass is 9.97. The molecule has 0 bridgehead atoms. The van der Waals surface area contributed by atoms with Gasteiger partial charge in [-0.2, -0.15) is 4.31 Å². The number of nitrogens with one attached hydrogen (secondary N) is 1. The topological polar surface area (TPSA) is 69.7 Å². The molecule has 1 aliphatic carbocycles. The van der Waals surface area contributed by atoms with Crippen LogP contribution in [0.1, 0.15) is 32.1 Å². The quantitative estimate of drug-likeness (QED) is 0.701. The molecule has 1 heterocycles. The van der Waals surface area contributed by atoms with E-state index in [-0.39, 0.29) is 17.3 Å². The summed E-state index contributed by atoms with van der Waals surface area (Å²) in [5.41, 5.74) is 1.44. The third kappa shape index (κ3) is 5.62. The third-order valence-electron chi connectivity index (χ3n) is 5.30. The zero-order valence-corrected chi connectivity index (χ0v) is 16.9. The Morgan fingerprint density at radius 1 is 1.07 bits per heavy atom. The van der Waals surface area contributed by atoms with Gasteiger partial charge in [-0.3, -0.25) is 9.69 Å². The van der Waals surface area contributed by atoms with Gasteiger partial charge in [0.15, 0.2) is 0 Å². The average Bonchev–Trinajstić information content (AvgIpc) is 2.69. The van der Waals surface area contributed by atoms with Crippen LogP contribution in [0.4, 0.5) is 4.39 Å². The van der Waals surface area contributed by atoms with E-state index >= 15 is 0 Å².